The minimum atomic E-state index is -0.601. The van der Waals surface area contributed by atoms with Crippen molar-refractivity contribution in [1.29, 1.82) is 5.26 Å². The molecule has 0 aliphatic carbocycles. The summed E-state index contributed by atoms with van der Waals surface area (Å²) in [6.07, 6.45) is 1.44. The van der Waals surface area contributed by atoms with Crippen LogP contribution >= 0.6 is 11.6 Å². The highest BCUT2D eigenvalue weighted by Gasteiger charge is 2.28. The van der Waals surface area contributed by atoms with Crippen LogP contribution < -0.4 is 5.32 Å². The summed E-state index contributed by atoms with van der Waals surface area (Å²) in [5.41, 5.74) is 4.12. The number of halogens is 2. The average Bonchev–Trinajstić information content (AvgIpc) is 2.88. The van der Waals surface area contributed by atoms with Gasteiger partial charge >= 0.3 is 6.09 Å². The van der Waals surface area contributed by atoms with Crippen LogP contribution in [0.5, 0.6) is 0 Å². The smallest absolute Gasteiger partial charge is 0.411 e. The van der Waals surface area contributed by atoms with Crippen LogP contribution in [-0.2, 0) is 4.74 Å². The molecular weight excluding hydrogens is 465 g/mol. The van der Waals surface area contributed by atoms with Crippen LogP contribution in [-0.4, -0.2) is 37.7 Å². The van der Waals surface area contributed by atoms with Gasteiger partial charge in [-0.1, -0.05) is 48.0 Å². The lowest BCUT2D eigenvalue weighted by molar-refractivity contribution is 0.123. The van der Waals surface area contributed by atoms with Crippen molar-refractivity contribution in [2.75, 3.05) is 32.1 Å². The van der Waals surface area contributed by atoms with Gasteiger partial charge in [-0.2, -0.15) is 5.26 Å². The number of hydrogen-bond acceptors (Lipinski definition) is 4. The molecule has 0 aromatic heterocycles. The van der Waals surface area contributed by atoms with Crippen molar-refractivity contribution in [2.45, 2.75) is 18.8 Å². The van der Waals surface area contributed by atoms with Gasteiger partial charge in [-0.05, 0) is 85.9 Å². The fraction of sp³-hybridized carbons (Fsp3) is 0.286. The minimum absolute atomic E-state index is 0.0470. The third kappa shape index (κ3) is 6.39. The van der Waals surface area contributed by atoms with Gasteiger partial charge in [0.05, 0.1) is 16.7 Å². The molecule has 0 radical (unpaired) electrons. The van der Waals surface area contributed by atoms with E-state index in [-0.39, 0.29) is 17.5 Å². The first kappa shape index (κ1) is 24.7. The van der Waals surface area contributed by atoms with Crippen LogP contribution in [0.4, 0.5) is 14.9 Å². The van der Waals surface area contributed by atoms with E-state index in [1.807, 2.05) is 30.3 Å². The van der Waals surface area contributed by atoms with E-state index in [2.05, 4.69) is 35.5 Å². The zero-order valence-electron chi connectivity index (χ0n) is 19.5. The summed E-state index contributed by atoms with van der Waals surface area (Å²) >= 11 is 5.81. The highest BCUT2D eigenvalue weighted by molar-refractivity contribution is 6.31. The average molecular weight is 492 g/mol. The summed E-state index contributed by atoms with van der Waals surface area (Å²) in [5.74, 6) is -0.117. The quantitative estimate of drug-likeness (QED) is 0.417. The maximum absolute atomic E-state index is 13.4. The van der Waals surface area contributed by atoms with Gasteiger partial charge in [0.2, 0.25) is 0 Å². The van der Waals surface area contributed by atoms with Crippen molar-refractivity contribution in [3.63, 3.8) is 0 Å². The summed E-state index contributed by atoms with van der Waals surface area (Å²) in [6, 6.07) is 22.0. The molecule has 0 saturated carbocycles. The second kappa shape index (κ2) is 11.4. The summed E-state index contributed by atoms with van der Waals surface area (Å²) in [4.78, 5) is 14.8. The normalized spacial score (nSPS) is 15.3. The summed E-state index contributed by atoms with van der Waals surface area (Å²) in [6.45, 7) is 2.24. The Bertz CT molecular complexity index is 1220. The largest absolute Gasteiger partial charge is 0.449 e. The number of ether oxygens (including phenoxy) is 1. The number of nitriles is 1. The third-order valence-corrected chi connectivity index (χ3v) is 6.85. The monoisotopic (exact) mass is 491 g/mol. The predicted molar refractivity (Wildman–Crippen MR) is 136 cm³/mol. The molecule has 0 spiro atoms. The second-order valence-electron chi connectivity index (χ2n) is 8.91. The number of piperidine rings is 1. The maximum Gasteiger partial charge on any atom is 0.411 e. The molecule has 1 amide bonds. The Morgan fingerprint density at radius 2 is 1.89 bits per heavy atom. The highest BCUT2D eigenvalue weighted by Crippen LogP contribution is 2.34. The fourth-order valence-electron chi connectivity index (χ4n) is 4.52. The van der Waals surface area contributed by atoms with Gasteiger partial charge in [-0.3, -0.25) is 5.32 Å². The Labute approximate surface area is 210 Å². The molecule has 7 heteroatoms. The van der Waals surface area contributed by atoms with Crippen molar-refractivity contribution in [1.82, 2.24) is 4.90 Å². The molecule has 5 nitrogen and oxygen atoms in total. The number of carbonyl (C=O) groups is 1. The van der Waals surface area contributed by atoms with Crippen LogP contribution in [0.1, 0.15) is 29.9 Å². The number of benzene rings is 3. The minimum Gasteiger partial charge on any atom is -0.449 e. The molecule has 4 rings (SSSR count). The molecule has 1 fully saturated rings. The van der Waals surface area contributed by atoms with Crippen LogP contribution in [0.15, 0.2) is 66.7 Å². The molecule has 1 N–H and O–H groups in total. The maximum atomic E-state index is 13.4. The number of amides is 1. The molecular formula is C28H27ClFN3O2. The SMILES string of the molecule is CN1CCC(C(COC(=O)Nc2ccc(F)c(Cl)c2)c2ccc(-c3cccc(C#N)c3)cc2)CC1. The molecule has 1 aliphatic heterocycles. The number of rotatable bonds is 6. The van der Waals surface area contributed by atoms with Crippen molar-refractivity contribution in [3.05, 3.63) is 88.7 Å². The Balaban J connectivity index is 1.48. The van der Waals surface area contributed by atoms with Gasteiger partial charge in [-0.15, -0.1) is 0 Å². The molecule has 180 valence electrons. The van der Waals surface area contributed by atoms with E-state index in [1.54, 1.807) is 6.07 Å². The first-order valence-electron chi connectivity index (χ1n) is 11.6. The van der Waals surface area contributed by atoms with E-state index in [4.69, 9.17) is 16.3 Å². The topological polar surface area (TPSA) is 65.4 Å². The molecule has 1 atom stereocenters. The Morgan fingerprint density at radius 3 is 2.57 bits per heavy atom. The number of carbonyl (C=O) groups excluding carboxylic acids is 1. The zero-order chi connectivity index (χ0) is 24.8. The molecule has 3 aromatic carbocycles. The lowest BCUT2D eigenvalue weighted by Gasteiger charge is -2.34. The van der Waals surface area contributed by atoms with Crippen LogP contribution in [0.25, 0.3) is 11.1 Å². The Hall–Kier alpha value is -3.40. The first-order chi connectivity index (χ1) is 16.9. The number of nitrogens with zero attached hydrogens (tertiary/aromatic N) is 2. The zero-order valence-corrected chi connectivity index (χ0v) is 20.3. The predicted octanol–water partition coefficient (Wildman–Crippen LogP) is 6.69. The number of anilines is 1. The first-order valence-corrected chi connectivity index (χ1v) is 12.0. The molecule has 1 heterocycles. The lowest BCUT2D eigenvalue weighted by atomic mass is 9.80. The van der Waals surface area contributed by atoms with E-state index in [1.165, 1.54) is 18.2 Å². The highest BCUT2D eigenvalue weighted by atomic mass is 35.5. The summed E-state index contributed by atoms with van der Waals surface area (Å²) in [5, 5.41) is 11.7. The van der Waals surface area contributed by atoms with Crippen molar-refractivity contribution >= 4 is 23.4 Å². The molecule has 1 saturated heterocycles. The summed E-state index contributed by atoms with van der Waals surface area (Å²) < 4.78 is 19.0. The van der Waals surface area contributed by atoms with Crippen LogP contribution in [0, 0.1) is 23.1 Å². The number of hydrogen-bond donors (Lipinski definition) is 1. The van der Waals surface area contributed by atoms with Gasteiger partial charge in [0.15, 0.2) is 0 Å². The third-order valence-electron chi connectivity index (χ3n) is 6.56. The second-order valence-corrected chi connectivity index (χ2v) is 9.32. The van der Waals surface area contributed by atoms with Crippen LogP contribution in [0.3, 0.4) is 0 Å². The number of likely N-dealkylation sites (tertiary alicyclic amines) is 1. The van der Waals surface area contributed by atoms with E-state index in [0.29, 0.717) is 17.2 Å². The fourth-order valence-corrected chi connectivity index (χ4v) is 4.70. The van der Waals surface area contributed by atoms with Gasteiger partial charge in [-0.25, -0.2) is 9.18 Å². The molecule has 0 bridgehead atoms. The van der Waals surface area contributed by atoms with Crippen molar-refractivity contribution in [3.8, 4) is 17.2 Å². The lowest BCUT2D eigenvalue weighted by Crippen LogP contribution is -2.34. The molecule has 1 unspecified atom stereocenters. The van der Waals surface area contributed by atoms with Crippen LogP contribution in [0.2, 0.25) is 5.02 Å². The molecule has 3 aromatic rings. The Kier molecular flexibility index (Phi) is 8.02. The number of nitrogens with one attached hydrogen (secondary N) is 1. The molecule has 1 aliphatic rings. The van der Waals surface area contributed by atoms with Gasteiger partial charge in [0.25, 0.3) is 0 Å². The summed E-state index contributed by atoms with van der Waals surface area (Å²) in [7, 11) is 2.12. The van der Waals surface area contributed by atoms with E-state index in [0.717, 1.165) is 42.6 Å². The van der Waals surface area contributed by atoms with Gasteiger partial charge < -0.3 is 9.64 Å². The van der Waals surface area contributed by atoms with Gasteiger partial charge in [0.1, 0.15) is 12.4 Å². The van der Waals surface area contributed by atoms with Crippen molar-refractivity contribution < 1.29 is 13.9 Å². The van der Waals surface area contributed by atoms with E-state index >= 15 is 0 Å². The van der Waals surface area contributed by atoms with E-state index in [9.17, 15) is 14.4 Å². The Morgan fingerprint density at radius 1 is 1.14 bits per heavy atom. The van der Waals surface area contributed by atoms with Crippen molar-refractivity contribution in [2.24, 2.45) is 5.92 Å². The van der Waals surface area contributed by atoms with E-state index < -0.39 is 11.9 Å². The standard InChI is InChI=1S/C28H27ClFN3O2/c1-33-13-11-22(12-14-33)25(18-35-28(34)32-24-9-10-27(30)26(29)16-24)21-7-5-20(6-8-21)23-4-2-3-19(15-23)17-31/h2-10,15-16,22,25H,11-14,18H2,1H3,(H,32,34). The van der Waals surface area contributed by atoms with Gasteiger partial charge in [0, 0.05) is 11.6 Å². The molecule has 35 heavy (non-hydrogen) atoms.